The minimum Gasteiger partial charge on any atom is -0.468 e. The second-order valence-corrected chi connectivity index (χ2v) is 8.44. The molecule has 0 bridgehead atoms. The molecule has 1 aliphatic rings. The summed E-state index contributed by atoms with van der Waals surface area (Å²) in [6.45, 7) is 2.66. The third-order valence-corrected chi connectivity index (χ3v) is 7.03. The number of likely N-dealkylation sites (tertiary alicyclic amines) is 1. The third kappa shape index (κ3) is 3.64. The number of nitrogens with zero attached hydrogens (tertiary/aromatic N) is 1. The molecule has 1 amide bonds. The normalized spacial score (nSPS) is 16.8. The second kappa shape index (κ2) is 7.29. The number of carbonyl (C=O) groups is 1. The second-order valence-electron chi connectivity index (χ2n) is 5.22. The average molecular weight is 448 g/mol. The van der Waals surface area contributed by atoms with Gasteiger partial charge in [-0.3, -0.25) is 9.69 Å². The third-order valence-electron chi connectivity index (χ3n) is 3.78. The molecule has 118 valence electrons. The van der Waals surface area contributed by atoms with Crippen LogP contribution in [0.1, 0.15) is 34.3 Å². The molecule has 2 aromatic rings. The van der Waals surface area contributed by atoms with Gasteiger partial charge < -0.3 is 9.73 Å². The Labute approximate surface area is 150 Å². The summed E-state index contributed by atoms with van der Waals surface area (Å²) in [5, 5.41) is 3.03. The molecule has 0 aliphatic carbocycles. The lowest BCUT2D eigenvalue weighted by atomic mass is 10.2. The maximum Gasteiger partial charge on any atom is 0.261 e. The molecule has 0 unspecified atom stereocenters. The van der Waals surface area contributed by atoms with Gasteiger partial charge in [0.2, 0.25) is 0 Å². The Kier molecular flexibility index (Phi) is 5.38. The minimum absolute atomic E-state index is 0.0489. The summed E-state index contributed by atoms with van der Waals surface area (Å²) < 4.78 is 7.40. The van der Waals surface area contributed by atoms with E-state index in [4.69, 9.17) is 4.42 Å². The zero-order chi connectivity index (χ0) is 15.5. The predicted molar refractivity (Wildman–Crippen MR) is 94.3 cm³/mol. The zero-order valence-electron chi connectivity index (χ0n) is 11.9. The summed E-state index contributed by atoms with van der Waals surface area (Å²) in [4.78, 5) is 15.4. The average Bonchev–Trinajstić information content (AvgIpc) is 3.23. The molecule has 0 aromatic carbocycles. The Balaban J connectivity index is 1.67. The van der Waals surface area contributed by atoms with Gasteiger partial charge in [0.1, 0.15) is 5.76 Å². The molecule has 1 N–H and O–H groups in total. The lowest BCUT2D eigenvalue weighted by Gasteiger charge is -2.25. The van der Waals surface area contributed by atoms with E-state index in [1.54, 1.807) is 6.26 Å². The zero-order valence-corrected chi connectivity index (χ0v) is 15.8. The van der Waals surface area contributed by atoms with Crippen molar-refractivity contribution >= 4 is 49.1 Å². The van der Waals surface area contributed by atoms with E-state index in [0.717, 1.165) is 27.1 Å². The maximum absolute atomic E-state index is 12.3. The van der Waals surface area contributed by atoms with E-state index in [9.17, 15) is 4.79 Å². The highest BCUT2D eigenvalue weighted by Crippen LogP contribution is 2.32. The van der Waals surface area contributed by atoms with Crippen LogP contribution < -0.4 is 5.32 Å². The standard InChI is InChI=1S/C15H16Br2N2O2S/c16-10-8-13(22-14(10)17)15(20)18-9-11(12-4-3-7-21-12)19-5-1-2-6-19/h3-4,7-8,11H,1-2,5-6,9H2,(H,18,20)/t11-/m0/s1. The van der Waals surface area contributed by atoms with E-state index < -0.39 is 0 Å². The van der Waals surface area contributed by atoms with Crippen molar-refractivity contribution in [3.05, 3.63) is 43.4 Å². The van der Waals surface area contributed by atoms with E-state index in [1.165, 1.54) is 24.2 Å². The molecule has 1 aliphatic heterocycles. The van der Waals surface area contributed by atoms with Crippen LogP contribution in [-0.2, 0) is 0 Å². The number of thiophene rings is 1. The van der Waals surface area contributed by atoms with Crippen molar-refractivity contribution in [3.63, 3.8) is 0 Å². The first-order valence-electron chi connectivity index (χ1n) is 7.15. The Morgan fingerprint density at radius 1 is 1.41 bits per heavy atom. The smallest absolute Gasteiger partial charge is 0.261 e. The number of nitrogens with one attached hydrogen (secondary N) is 1. The molecule has 1 fully saturated rings. The summed E-state index contributed by atoms with van der Waals surface area (Å²) in [7, 11) is 0. The summed E-state index contributed by atoms with van der Waals surface area (Å²) in [6, 6.07) is 5.82. The number of hydrogen-bond acceptors (Lipinski definition) is 4. The van der Waals surface area contributed by atoms with Gasteiger partial charge in [-0.1, -0.05) is 0 Å². The van der Waals surface area contributed by atoms with Gasteiger partial charge in [0.25, 0.3) is 5.91 Å². The molecule has 3 heterocycles. The summed E-state index contributed by atoms with van der Waals surface area (Å²) >= 11 is 8.25. The van der Waals surface area contributed by atoms with Crippen molar-refractivity contribution in [3.8, 4) is 0 Å². The fraction of sp³-hybridized carbons (Fsp3) is 0.400. The quantitative estimate of drug-likeness (QED) is 0.737. The first-order chi connectivity index (χ1) is 10.6. The molecule has 0 saturated carbocycles. The van der Waals surface area contributed by atoms with Gasteiger partial charge in [-0.15, -0.1) is 11.3 Å². The molecule has 0 spiro atoms. The SMILES string of the molecule is O=C(NC[C@@H](c1ccco1)N1CCCC1)c1cc(Br)c(Br)s1. The number of halogens is 2. The molecule has 1 atom stereocenters. The van der Waals surface area contributed by atoms with Gasteiger partial charge in [-0.05, 0) is 76.0 Å². The van der Waals surface area contributed by atoms with Crippen molar-refractivity contribution in [2.45, 2.75) is 18.9 Å². The van der Waals surface area contributed by atoms with E-state index >= 15 is 0 Å². The van der Waals surface area contributed by atoms with Crippen molar-refractivity contribution in [1.82, 2.24) is 10.2 Å². The van der Waals surface area contributed by atoms with Crippen LogP contribution in [0.5, 0.6) is 0 Å². The fourth-order valence-electron chi connectivity index (χ4n) is 2.68. The van der Waals surface area contributed by atoms with E-state index in [1.807, 2.05) is 18.2 Å². The van der Waals surface area contributed by atoms with Gasteiger partial charge in [0, 0.05) is 11.0 Å². The van der Waals surface area contributed by atoms with Gasteiger partial charge >= 0.3 is 0 Å². The Hall–Kier alpha value is -0.630. The summed E-state index contributed by atoms with van der Waals surface area (Å²) in [6.07, 6.45) is 4.10. The topological polar surface area (TPSA) is 45.5 Å². The van der Waals surface area contributed by atoms with Crippen LogP contribution in [0.15, 0.2) is 37.1 Å². The highest BCUT2D eigenvalue weighted by Gasteiger charge is 2.26. The van der Waals surface area contributed by atoms with Crippen LogP contribution in [-0.4, -0.2) is 30.4 Å². The van der Waals surface area contributed by atoms with Gasteiger partial charge in [-0.25, -0.2) is 0 Å². The van der Waals surface area contributed by atoms with Crippen molar-refractivity contribution in [1.29, 1.82) is 0 Å². The van der Waals surface area contributed by atoms with Crippen LogP contribution in [0.25, 0.3) is 0 Å². The number of carbonyl (C=O) groups excluding carboxylic acids is 1. The van der Waals surface area contributed by atoms with Crippen LogP contribution in [0, 0.1) is 0 Å². The maximum atomic E-state index is 12.3. The number of hydrogen-bond donors (Lipinski definition) is 1. The van der Waals surface area contributed by atoms with Crippen LogP contribution in [0.3, 0.4) is 0 Å². The number of furan rings is 1. The van der Waals surface area contributed by atoms with E-state index in [-0.39, 0.29) is 11.9 Å². The van der Waals surface area contributed by atoms with Crippen molar-refractivity contribution in [2.24, 2.45) is 0 Å². The van der Waals surface area contributed by atoms with Crippen molar-refractivity contribution in [2.75, 3.05) is 19.6 Å². The van der Waals surface area contributed by atoms with E-state index in [2.05, 4.69) is 42.1 Å². The first-order valence-corrected chi connectivity index (χ1v) is 9.56. The monoisotopic (exact) mass is 446 g/mol. The molecule has 7 heteroatoms. The van der Waals surface area contributed by atoms with E-state index in [0.29, 0.717) is 11.4 Å². The molecule has 22 heavy (non-hydrogen) atoms. The molecule has 4 nitrogen and oxygen atoms in total. The Morgan fingerprint density at radius 2 is 2.18 bits per heavy atom. The van der Waals surface area contributed by atoms with Gasteiger partial charge in [0.15, 0.2) is 0 Å². The Morgan fingerprint density at radius 3 is 2.77 bits per heavy atom. The molecular formula is C15H16Br2N2O2S. The minimum atomic E-state index is -0.0489. The number of amides is 1. The first kappa shape index (κ1) is 16.2. The van der Waals surface area contributed by atoms with Gasteiger partial charge in [0.05, 0.1) is 21.0 Å². The molecule has 2 aromatic heterocycles. The lowest BCUT2D eigenvalue weighted by molar-refractivity contribution is 0.0938. The van der Waals surface area contributed by atoms with Crippen LogP contribution in [0.2, 0.25) is 0 Å². The van der Waals surface area contributed by atoms with Crippen LogP contribution >= 0.6 is 43.2 Å². The fourth-order valence-corrected chi connectivity index (χ4v) is 4.63. The highest BCUT2D eigenvalue weighted by molar-refractivity contribution is 9.13. The van der Waals surface area contributed by atoms with Crippen LogP contribution in [0.4, 0.5) is 0 Å². The molecule has 3 rings (SSSR count). The summed E-state index contributed by atoms with van der Waals surface area (Å²) in [5.41, 5.74) is 0. The Bertz CT molecular complexity index is 617. The largest absolute Gasteiger partial charge is 0.468 e. The molecule has 1 saturated heterocycles. The predicted octanol–water partition coefficient (Wildman–Crippen LogP) is 4.43. The highest BCUT2D eigenvalue weighted by atomic mass is 79.9. The van der Waals surface area contributed by atoms with Gasteiger partial charge in [-0.2, -0.15) is 0 Å². The lowest BCUT2D eigenvalue weighted by Crippen LogP contribution is -2.36. The molecular weight excluding hydrogens is 432 g/mol. The summed E-state index contributed by atoms with van der Waals surface area (Å²) in [5.74, 6) is 0.864. The van der Waals surface area contributed by atoms with Crippen molar-refractivity contribution < 1.29 is 9.21 Å². The molecule has 0 radical (unpaired) electrons. The number of rotatable bonds is 5.